The summed E-state index contributed by atoms with van der Waals surface area (Å²) in [6, 6.07) is 5.70. The fraction of sp³-hybridized carbons (Fsp3) is 0.690. The maximum absolute atomic E-state index is 13.4. The Bertz CT molecular complexity index is 1530. The summed E-state index contributed by atoms with van der Waals surface area (Å²) in [6.07, 6.45) is 3.50. The summed E-state index contributed by atoms with van der Waals surface area (Å²) >= 11 is -0.116. The number of nitrogens with two attached hydrogens (primary N) is 3. The van der Waals surface area contributed by atoms with Crippen LogP contribution < -0.4 is 27.4 Å². The summed E-state index contributed by atoms with van der Waals surface area (Å²) < 4.78 is 17.7. The van der Waals surface area contributed by atoms with E-state index in [0.29, 0.717) is 56.0 Å². The number of hydrazine groups is 1. The number of aliphatic carboxylic acids is 1. The average Bonchev–Trinajstić information content (AvgIpc) is 3.10. The molecule has 0 aromatic heterocycles. The van der Waals surface area contributed by atoms with Gasteiger partial charge in [0, 0.05) is 11.3 Å². The first-order chi connectivity index (χ1) is 26.7. The van der Waals surface area contributed by atoms with E-state index >= 15 is 0 Å². The Kier molecular flexibility index (Phi) is 21.3. The van der Waals surface area contributed by atoms with Crippen molar-refractivity contribution >= 4 is 39.2 Å². The van der Waals surface area contributed by atoms with E-state index in [1.807, 2.05) is 66.7 Å². The summed E-state index contributed by atoms with van der Waals surface area (Å²) in [7, 11) is 0. The van der Waals surface area contributed by atoms with Crippen molar-refractivity contribution in [2.45, 2.75) is 129 Å². The van der Waals surface area contributed by atoms with E-state index in [1.54, 1.807) is 6.20 Å². The van der Waals surface area contributed by atoms with Gasteiger partial charge in [-0.05, 0) is 5.41 Å². The average molecular weight is 862 g/mol. The van der Waals surface area contributed by atoms with Crippen molar-refractivity contribution in [3.05, 3.63) is 35.7 Å². The summed E-state index contributed by atoms with van der Waals surface area (Å²) in [4.78, 5) is 39.2. The van der Waals surface area contributed by atoms with Crippen LogP contribution in [0.5, 0.6) is 5.75 Å². The van der Waals surface area contributed by atoms with Gasteiger partial charge in [-0.3, -0.25) is 4.79 Å². The molecule has 14 nitrogen and oxygen atoms in total. The summed E-state index contributed by atoms with van der Waals surface area (Å²) in [5, 5.41) is 24.9. The van der Waals surface area contributed by atoms with Crippen LogP contribution in [0.3, 0.4) is 0 Å². The van der Waals surface area contributed by atoms with E-state index < -0.39 is 29.2 Å². The summed E-state index contributed by atoms with van der Waals surface area (Å²) in [6.45, 7) is 16.9. The van der Waals surface area contributed by atoms with Crippen LogP contribution in [0.4, 0.5) is 5.69 Å². The van der Waals surface area contributed by atoms with Gasteiger partial charge < -0.3 is 9.84 Å². The minimum absolute atomic E-state index is 0.00826. The number of aliphatic hydroxyl groups excluding tert-OH is 1. The van der Waals surface area contributed by atoms with Gasteiger partial charge in [0.05, 0.1) is 19.6 Å². The first kappa shape index (κ1) is 49.7. The molecule has 9 N–H and O–H groups in total. The summed E-state index contributed by atoms with van der Waals surface area (Å²) in [5.74, 6) is 12.0. The zero-order chi connectivity index (χ0) is 42.8. The van der Waals surface area contributed by atoms with Crippen LogP contribution in [0.1, 0.15) is 111 Å². The topological polar surface area (TPSA) is 216 Å². The Balaban J connectivity index is 2.05. The quantitative estimate of drug-likeness (QED) is 0.0213. The second-order valence-corrected chi connectivity index (χ2v) is 20.2. The van der Waals surface area contributed by atoms with Crippen molar-refractivity contribution in [2.75, 3.05) is 45.1 Å². The number of hydrogen-bond donors (Lipinski definition) is 6. The molecule has 15 heteroatoms. The van der Waals surface area contributed by atoms with Crippen LogP contribution in [0, 0.1) is 28.6 Å². The van der Waals surface area contributed by atoms with Gasteiger partial charge >= 0.3 is 244 Å². The number of carbonyl (C=O) groups excluding carboxylic acids is 2. The number of unbranched alkanes of at least 4 members (excludes halogenated alkanes) is 1. The third kappa shape index (κ3) is 20.2. The Morgan fingerprint density at radius 1 is 1.14 bits per heavy atom. The number of carboxylic acids is 1. The van der Waals surface area contributed by atoms with Crippen LogP contribution in [0.2, 0.25) is 5.21 Å². The van der Waals surface area contributed by atoms with Crippen LogP contribution in [0.25, 0.3) is 0 Å². The standard InChI is InChI=1S/C42H70AsN6O8/c1-9-43-33(31-16-18-36(34(45)21-31)57-40-35(50)17-15-30(4)56-40)22-32(44)24-49(46)20-19-48(38(52)14-12-10-11-13-29(2)3)25-37(51)47-26-42(7,8)28-55-27-41(5,6)23-39(53)54/h16,18,21,24,29-30,33,35,40,50H,9-10,12,14-15,17,19-20,22-23,25-28,44-46H2,1-8H3,(H,47,51)(H,53,54)/b32-24-. The molecular weight excluding hydrogens is 791 g/mol. The first-order valence-corrected chi connectivity index (χ1v) is 22.5. The molecule has 0 bridgehead atoms. The number of hydrogen-bond acceptors (Lipinski definition) is 11. The van der Waals surface area contributed by atoms with Crippen molar-refractivity contribution in [1.29, 1.82) is 0 Å². The number of carbonyl (C=O) groups is 3. The van der Waals surface area contributed by atoms with Gasteiger partial charge in [-0.15, -0.1) is 11.8 Å². The zero-order valence-electron chi connectivity index (χ0n) is 35.5. The third-order valence-electron chi connectivity index (χ3n) is 9.15. The molecule has 1 heterocycles. The second kappa shape index (κ2) is 24.4. The molecule has 1 aliphatic heterocycles. The molecule has 1 saturated heterocycles. The number of nitrogens with zero attached hydrogens (tertiary/aromatic N) is 2. The number of ether oxygens (including phenoxy) is 3. The Hall–Kier alpha value is -3.47. The molecule has 2 rings (SSSR count). The monoisotopic (exact) mass is 861 g/mol. The Morgan fingerprint density at radius 2 is 1.84 bits per heavy atom. The van der Waals surface area contributed by atoms with Gasteiger partial charge in [0.15, 0.2) is 0 Å². The van der Waals surface area contributed by atoms with E-state index in [2.05, 4.69) is 24.1 Å². The van der Waals surface area contributed by atoms with E-state index in [-0.39, 0.29) is 83.4 Å². The van der Waals surface area contributed by atoms with Crippen molar-refractivity contribution in [2.24, 2.45) is 28.3 Å². The van der Waals surface area contributed by atoms with E-state index in [1.165, 1.54) is 9.91 Å². The number of benzene rings is 1. The molecule has 1 aromatic rings. The van der Waals surface area contributed by atoms with Gasteiger partial charge in [-0.2, -0.15) is 0 Å². The van der Waals surface area contributed by atoms with Crippen LogP contribution in [-0.4, -0.2) is 112 Å². The van der Waals surface area contributed by atoms with Gasteiger partial charge in [-0.25, -0.2) is 0 Å². The van der Waals surface area contributed by atoms with Gasteiger partial charge in [0.25, 0.3) is 0 Å². The first-order valence-electron chi connectivity index (χ1n) is 20.1. The zero-order valence-corrected chi connectivity index (χ0v) is 37.4. The molecule has 321 valence electrons. The van der Waals surface area contributed by atoms with Crippen molar-refractivity contribution in [1.82, 2.24) is 15.2 Å². The van der Waals surface area contributed by atoms with Crippen LogP contribution in [0.15, 0.2) is 30.1 Å². The Labute approximate surface area is 347 Å². The Morgan fingerprint density at radius 3 is 2.49 bits per heavy atom. The molecule has 1 fully saturated rings. The normalized spacial score (nSPS) is 18.2. The molecule has 1 aliphatic rings. The maximum atomic E-state index is 13.4. The van der Waals surface area contributed by atoms with Gasteiger partial charge in [-0.1, -0.05) is 41.5 Å². The number of anilines is 1. The van der Waals surface area contributed by atoms with Crippen molar-refractivity contribution in [3.63, 3.8) is 0 Å². The molecule has 0 spiro atoms. The molecule has 0 saturated carbocycles. The molecule has 4 atom stereocenters. The molecule has 4 unspecified atom stereocenters. The number of nitrogen functional groups attached to an aromatic ring is 1. The van der Waals surface area contributed by atoms with Gasteiger partial charge in [0.1, 0.15) is 0 Å². The van der Waals surface area contributed by atoms with E-state index in [4.69, 9.17) is 36.6 Å². The number of amides is 2. The SMILES string of the molecule is CC[As]C(C/C(N)=C/N(N)CCN(CC(=O)NCC(C)(C)COCC(C)(C)CC(=O)O)C(=O)CCCC#CC(C)C)c1ccc(OC2OC(C)CCC2O)c(N)c1. The van der Waals surface area contributed by atoms with Crippen molar-refractivity contribution < 1.29 is 38.8 Å². The van der Waals surface area contributed by atoms with Gasteiger partial charge in [0.2, 0.25) is 0 Å². The van der Waals surface area contributed by atoms with Crippen molar-refractivity contribution in [3.8, 4) is 17.6 Å². The van der Waals surface area contributed by atoms with E-state index in [0.717, 1.165) is 17.2 Å². The second-order valence-electron chi connectivity index (χ2n) is 16.8. The minimum atomic E-state index is -0.880. The molecule has 0 aliphatic carbocycles. The molecular formula is C42H70AsN6O8. The molecule has 1 aromatic carbocycles. The van der Waals surface area contributed by atoms with E-state index in [9.17, 15) is 19.5 Å². The summed E-state index contributed by atoms with van der Waals surface area (Å²) in [5.41, 5.74) is 14.1. The number of carboxylic acid groups (broad SMARTS) is 1. The van der Waals surface area contributed by atoms with Crippen LogP contribution in [-0.2, 0) is 23.9 Å². The fourth-order valence-corrected chi connectivity index (χ4v) is 8.49. The predicted molar refractivity (Wildman–Crippen MR) is 225 cm³/mol. The number of allylic oxidation sites excluding steroid dienone is 1. The van der Waals surface area contributed by atoms with Crippen LogP contribution >= 0.6 is 0 Å². The number of rotatable bonds is 24. The number of aliphatic hydroxyl groups is 1. The molecule has 2 amide bonds. The fourth-order valence-electron chi connectivity index (χ4n) is 6.08. The third-order valence-corrected chi connectivity index (χ3v) is 11.9. The molecule has 1 radical (unpaired) electrons. The molecule has 57 heavy (non-hydrogen) atoms. The number of nitrogens with one attached hydrogen (secondary N) is 1. The predicted octanol–water partition coefficient (Wildman–Crippen LogP) is 4.40.